The molecule has 2 aromatic carbocycles. The summed E-state index contributed by atoms with van der Waals surface area (Å²) in [5, 5.41) is 1.16. The van der Waals surface area contributed by atoms with Crippen LogP contribution in [-0.2, 0) is 4.74 Å². The molecule has 0 saturated carbocycles. The molecule has 162 valence electrons. The number of piperidine rings is 1. The lowest BCUT2D eigenvalue weighted by molar-refractivity contribution is -0.105. The number of hydrogen-bond donors (Lipinski definition) is 1. The van der Waals surface area contributed by atoms with Crippen molar-refractivity contribution < 1.29 is 14.3 Å². The van der Waals surface area contributed by atoms with Crippen molar-refractivity contribution in [1.82, 2.24) is 9.88 Å². The van der Waals surface area contributed by atoms with Crippen molar-refractivity contribution in [3.05, 3.63) is 60.3 Å². The van der Waals surface area contributed by atoms with Crippen LogP contribution in [-0.4, -0.2) is 40.9 Å². The number of aryl methyl sites for hydroxylation is 1. The van der Waals surface area contributed by atoms with Gasteiger partial charge in [0.2, 0.25) is 0 Å². The van der Waals surface area contributed by atoms with Gasteiger partial charge in [0.25, 0.3) is 0 Å². The number of rotatable bonds is 5. The van der Waals surface area contributed by atoms with E-state index in [4.69, 9.17) is 15.2 Å². The summed E-state index contributed by atoms with van der Waals surface area (Å²) in [6, 6.07) is 15.8. The van der Waals surface area contributed by atoms with Gasteiger partial charge in [0.05, 0.1) is 11.6 Å². The van der Waals surface area contributed by atoms with Crippen molar-refractivity contribution in [3.8, 4) is 16.9 Å². The third-order valence-corrected chi connectivity index (χ3v) is 5.73. The summed E-state index contributed by atoms with van der Waals surface area (Å²) in [6.45, 7) is 6.56. The first-order valence-electron chi connectivity index (χ1n) is 10.8. The van der Waals surface area contributed by atoms with E-state index in [0.717, 1.165) is 34.2 Å². The molecule has 2 atom stereocenters. The number of ether oxygens (including phenoxy) is 2. The van der Waals surface area contributed by atoms with Crippen molar-refractivity contribution >= 4 is 16.9 Å². The predicted molar refractivity (Wildman–Crippen MR) is 122 cm³/mol. The number of carbonyl (C=O) groups is 1. The van der Waals surface area contributed by atoms with Crippen LogP contribution in [0.2, 0.25) is 0 Å². The number of primary amides is 1. The van der Waals surface area contributed by atoms with E-state index in [1.165, 1.54) is 5.56 Å². The Bertz CT molecular complexity index is 1070. The molecule has 1 fully saturated rings. The predicted octanol–water partition coefficient (Wildman–Crippen LogP) is 4.88. The van der Waals surface area contributed by atoms with Crippen molar-refractivity contribution in [2.45, 2.75) is 52.0 Å². The number of aromatic nitrogens is 1. The number of para-hydroxylation sites is 1. The van der Waals surface area contributed by atoms with Crippen LogP contribution < -0.4 is 10.5 Å². The molecule has 2 N–H and O–H groups in total. The lowest BCUT2D eigenvalue weighted by atomic mass is 9.99. The van der Waals surface area contributed by atoms with Crippen LogP contribution in [0.1, 0.15) is 32.3 Å². The fourth-order valence-corrected chi connectivity index (χ4v) is 4.18. The fraction of sp³-hybridized carbons (Fsp3) is 0.360. The van der Waals surface area contributed by atoms with E-state index in [1.807, 2.05) is 50.4 Å². The molecule has 1 saturated heterocycles. The largest absolute Gasteiger partial charge is 0.490 e. The van der Waals surface area contributed by atoms with E-state index in [1.54, 1.807) is 4.90 Å². The SMILES string of the molecule is Cc1c(-c2ccc(OC3CCN(C(N)=O)C(OC(C)C)C3)cc2)cnc2ccccc12. The Morgan fingerprint density at radius 3 is 2.61 bits per heavy atom. The van der Waals surface area contributed by atoms with Gasteiger partial charge in [-0.05, 0) is 50.1 Å². The maximum atomic E-state index is 11.7. The molecule has 31 heavy (non-hydrogen) atoms. The van der Waals surface area contributed by atoms with Crippen LogP contribution in [0.25, 0.3) is 22.0 Å². The highest BCUT2D eigenvalue weighted by Gasteiger charge is 2.33. The number of nitrogens with two attached hydrogens (primary N) is 1. The summed E-state index contributed by atoms with van der Waals surface area (Å²) in [7, 11) is 0. The molecule has 1 aliphatic rings. The zero-order valence-electron chi connectivity index (χ0n) is 18.2. The second-order valence-electron chi connectivity index (χ2n) is 8.27. The zero-order valence-corrected chi connectivity index (χ0v) is 18.2. The Hall–Kier alpha value is -3.12. The minimum Gasteiger partial charge on any atom is -0.490 e. The molecular weight excluding hydrogens is 390 g/mol. The summed E-state index contributed by atoms with van der Waals surface area (Å²) >= 11 is 0. The monoisotopic (exact) mass is 419 g/mol. The van der Waals surface area contributed by atoms with Crippen molar-refractivity contribution in [1.29, 1.82) is 0 Å². The maximum absolute atomic E-state index is 11.7. The van der Waals surface area contributed by atoms with Gasteiger partial charge in [0, 0.05) is 36.5 Å². The molecule has 2 heterocycles. The van der Waals surface area contributed by atoms with Gasteiger partial charge in [-0.2, -0.15) is 0 Å². The minimum absolute atomic E-state index is 0.00341. The van der Waals surface area contributed by atoms with Gasteiger partial charge >= 0.3 is 6.03 Å². The number of urea groups is 1. The molecule has 2 amide bonds. The summed E-state index contributed by atoms with van der Waals surface area (Å²) < 4.78 is 12.1. The average molecular weight is 420 g/mol. The Labute approximate surface area is 183 Å². The summed E-state index contributed by atoms with van der Waals surface area (Å²) in [4.78, 5) is 17.9. The molecule has 1 aromatic heterocycles. The first-order valence-corrected chi connectivity index (χ1v) is 10.8. The van der Waals surface area contributed by atoms with Gasteiger partial charge in [-0.1, -0.05) is 30.3 Å². The first-order chi connectivity index (χ1) is 14.9. The Balaban J connectivity index is 1.48. The molecule has 2 unspecified atom stereocenters. The van der Waals surface area contributed by atoms with Crippen LogP contribution in [0.3, 0.4) is 0 Å². The van der Waals surface area contributed by atoms with Crippen LogP contribution in [0.15, 0.2) is 54.7 Å². The molecule has 0 spiro atoms. The highest BCUT2D eigenvalue weighted by molar-refractivity contribution is 5.88. The number of likely N-dealkylation sites (tertiary alicyclic amines) is 1. The van der Waals surface area contributed by atoms with E-state index in [-0.39, 0.29) is 18.4 Å². The molecule has 6 nitrogen and oxygen atoms in total. The number of nitrogens with zero attached hydrogens (tertiary/aromatic N) is 2. The standard InChI is InChI=1S/C25H29N3O3/c1-16(2)30-24-14-20(12-13-28(24)25(26)29)31-19-10-8-18(9-11-19)22-15-27-23-7-5-4-6-21(23)17(22)3/h4-11,15-16,20,24H,12-14H2,1-3H3,(H2,26,29). The van der Waals surface area contributed by atoms with E-state index >= 15 is 0 Å². The maximum Gasteiger partial charge on any atom is 0.316 e. The number of amides is 2. The van der Waals surface area contributed by atoms with Gasteiger partial charge in [0.1, 0.15) is 18.1 Å². The van der Waals surface area contributed by atoms with E-state index < -0.39 is 6.03 Å². The number of benzene rings is 2. The van der Waals surface area contributed by atoms with Crippen molar-refractivity contribution in [3.63, 3.8) is 0 Å². The van der Waals surface area contributed by atoms with E-state index in [2.05, 4.69) is 30.1 Å². The Kier molecular flexibility index (Phi) is 6.09. The minimum atomic E-state index is -0.451. The highest BCUT2D eigenvalue weighted by Crippen LogP contribution is 2.30. The van der Waals surface area contributed by atoms with Gasteiger partial charge in [-0.25, -0.2) is 4.79 Å². The number of fused-ring (bicyclic) bond motifs is 1. The first kappa shape index (κ1) is 21.1. The molecular formula is C25H29N3O3. The highest BCUT2D eigenvalue weighted by atomic mass is 16.5. The topological polar surface area (TPSA) is 77.7 Å². The Morgan fingerprint density at radius 2 is 1.90 bits per heavy atom. The van der Waals surface area contributed by atoms with Gasteiger partial charge < -0.3 is 15.2 Å². The molecule has 4 rings (SSSR count). The van der Waals surface area contributed by atoms with Crippen LogP contribution in [0.4, 0.5) is 4.79 Å². The quantitative estimate of drug-likeness (QED) is 0.639. The van der Waals surface area contributed by atoms with Gasteiger partial charge in [-0.3, -0.25) is 9.88 Å². The van der Waals surface area contributed by atoms with Crippen molar-refractivity contribution in [2.24, 2.45) is 5.73 Å². The fourth-order valence-electron chi connectivity index (χ4n) is 4.18. The van der Waals surface area contributed by atoms with E-state index in [9.17, 15) is 4.79 Å². The molecule has 0 aliphatic carbocycles. The van der Waals surface area contributed by atoms with Crippen LogP contribution in [0, 0.1) is 6.92 Å². The third-order valence-electron chi connectivity index (χ3n) is 5.73. The number of carbonyl (C=O) groups excluding carboxylic acids is 1. The van der Waals surface area contributed by atoms with E-state index in [0.29, 0.717) is 13.0 Å². The lowest BCUT2D eigenvalue weighted by Gasteiger charge is -2.38. The zero-order chi connectivity index (χ0) is 22.0. The number of hydrogen-bond acceptors (Lipinski definition) is 4. The smallest absolute Gasteiger partial charge is 0.316 e. The second kappa shape index (κ2) is 8.94. The van der Waals surface area contributed by atoms with Gasteiger partial charge in [0.15, 0.2) is 0 Å². The third kappa shape index (κ3) is 4.64. The van der Waals surface area contributed by atoms with Crippen LogP contribution >= 0.6 is 0 Å². The summed E-state index contributed by atoms with van der Waals surface area (Å²) in [5.74, 6) is 0.802. The Morgan fingerprint density at radius 1 is 1.16 bits per heavy atom. The molecule has 1 aliphatic heterocycles. The lowest BCUT2D eigenvalue weighted by Crippen LogP contribution is -2.52. The molecule has 0 radical (unpaired) electrons. The van der Waals surface area contributed by atoms with Crippen LogP contribution in [0.5, 0.6) is 5.75 Å². The number of pyridine rings is 1. The molecule has 0 bridgehead atoms. The van der Waals surface area contributed by atoms with Crippen molar-refractivity contribution in [2.75, 3.05) is 6.54 Å². The summed E-state index contributed by atoms with van der Waals surface area (Å²) in [5.41, 5.74) is 9.95. The summed E-state index contributed by atoms with van der Waals surface area (Å²) in [6.07, 6.45) is 2.85. The molecule has 3 aromatic rings. The average Bonchev–Trinajstić information content (AvgIpc) is 2.74. The molecule has 6 heteroatoms. The second-order valence-corrected chi connectivity index (χ2v) is 8.27. The normalized spacial score (nSPS) is 19.0. The van der Waals surface area contributed by atoms with Gasteiger partial charge in [-0.15, -0.1) is 0 Å².